The van der Waals surface area contributed by atoms with Gasteiger partial charge >= 0.3 is 0 Å². The predicted octanol–water partition coefficient (Wildman–Crippen LogP) is 3.72. The van der Waals surface area contributed by atoms with Crippen LogP contribution in [0.5, 0.6) is 17.2 Å². The SMILES string of the molecule is COc1cc(NC(=O)C2CCCN(c3ncnc4oc(C)c(C)c34)C2)cc(OC)c1OC. The Hall–Kier alpha value is -3.49. The molecule has 2 aromatic heterocycles. The summed E-state index contributed by atoms with van der Waals surface area (Å²) < 4.78 is 21.9. The minimum atomic E-state index is -0.193. The minimum absolute atomic E-state index is 0.0608. The van der Waals surface area contributed by atoms with Gasteiger partial charge in [-0.25, -0.2) is 9.97 Å². The van der Waals surface area contributed by atoms with Crippen LogP contribution in [-0.2, 0) is 4.79 Å². The summed E-state index contributed by atoms with van der Waals surface area (Å²) in [6.45, 7) is 5.31. The molecule has 9 nitrogen and oxygen atoms in total. The quantitative estimate of drug-likeness (QED) is 0.619. The lowest BCUT2D eigenvalue weighted by molar-refractivity contribution is -0.120. The molecule has 1 aliphatic rings. The Kier molecular flexibility index (Phi) is 6.07. The number of hydrogen-bond donors (Lipinski definition) is 1. The molecular formula is C23H28N4O5. The summed E-state index contributed by atoms with van der Waals surface area (Å²) in [5.41, 5.74) is 2.20. The maximum absolute atomic E-state index is 13.1. The maximum atomic E-state index is 13.1. The molecule has 1 aromatic carbocycles. The van der Waals surface area contributed by atoms with Crippen molar-refractivity contribution < 1.29 is 23.4 Å². The van der Waals surface area contributed by atoms with Crippen LogP contribution in [0.4, 0.5) is 11.5 Å². The molecule has 0 radical (unpaired) electrons. The number of benzene rings is 1. The monoisotopic (exact) mass is 440 g/mol. The molecule has 1 aliphatic heterocycles. The average Bonchev–Trinajstić information content (AvgIpc) is 3.11. The highest BCUT2D eigenvalue weighted by molar-refractivity contribution is 5.94. The number of aromatic nitrogens is 2. The van der Waals surface area contributed by atoms with Gasteiger partial charge in [0.1, 0.15) is 17.9 Å². The van der Waals surface area contributed by atoms with E-state index < -0.39 is 0 Å². The highest BCUT2D eigenvalue weighted by atomic mass is 16.5. The van der Waals surface area contributed by atoms with Crippen LogP contribution in [0.2, 0.25) is 0 Å². The van der Waals surface area contributed by atoms with Crippen LogP contribution in [0.15, 0.2) is 22.9 Å². The molecule has 3 heterocycles. The van der Waals surface area contributed by atoms with Gasteiger partial charge in [0, 0.05) is 36.5 Å². The van der Waals surface area contributed by atoms with Crippen LogP contribution in [0.3, 0.4) is 0 Å². The summed E-state index contributed by atoms with van der Waals surface area (Å²) in [6.07, 6.45) is 3.19. The fourth-order valence-corrected chi connectivity index (χ4v) is 4.18. The number of methoxy groups -OCH3 is 3. The van der Waals surface area contributed by atoms with E-state index in [-0.39, 0.29) is 11.8 Å². The molecule has 0 spiro atoms. The topological polar surface area (TPSA) is 99.0 Å². The molecule has 32 heavy (non-hydrogen) atoms. The maximum Gasteiger partial charge on any atom is 0.231 e. The van der Waals surface area contributed by atoms with Crippen molar-refractivity contribution in [2.45, 2.75) is 26.7 Å². The van der Waals surface area contributed by atoms with Crippen molar-refractivity contribution in [1.29, 1.82) is 0 Å². The van der Waals surface area contributed by atoms with Crippen LogP contribution in [0, 0.1) is 19.8 Å². The molecule has 9 heteroatoms. The van der Waals surface area contributed by atoms with Crippen LogP contribution in [0.1, 0.15) is 24.2 Å². The highest BCUT2D eigenvalue weighted by Gasteiger charge is 2.29. The van der Waals surface area contributed by atoms with E-state index in [0.29, 0.717) is 35.2 Å². The van der Waals surface area contributed by atoms with Crippen LogP contribution in [-0.4, -0.2) is 50.3 Å². The number of rotatable bonds is 6. The van der Waals surface area contributed by atoms with E-state index in [9.17, 15) is 4.79 Å². The Balaban J connectivity index is 1.55. The Bertz CT molecular complexity index is 1120. The Labute approximate surface area is 186 Å². The van der Waals surface area contributed by atoms with Gasteiger partial charge in [-0.3, -0.25) is 4.79 Å². The largest absolute Gasteiger partial charge is 0.493 e. The number of ether oxygens (including phenoxy) is 3. The first-order chi connectivity index (χ1) is 15.5. The van der Waals surface area contributed by atoms with Gasteiger partial charge in [-0.1, -0.05) is 0 Å². The second-order valence-electron chi connectivity index (χ2n) is 7.85. The molecule has 170 valence electrons. The zero-order valence-electron chi connectivity index (χ0n) is 19.0. The summed E-state index contributed by atoms with van der Waals surface area (Å²) in [5, 5.41) is 3.92. The average molecular weight is 441 g/mol. The second kappa shape index (κ2) is 8.94. The van der Waals surface area contributed by atoms with Gasteiger partial charge in [0.05, 0.1) is 32.6 Å². The van der Waals surface area contributed by atoms with Gasteiger partial charge in [-0.2, -0.15) is 0 Å². The van der Waals surface area contributed by atoms with E-state index in [0.717, 1.165) is 41.9 Å². The van der Waals surface area contributed by atoms with Crippen molar-refractivity contribution in [1.82, 2.24) is 9.97 Å². The summed E-state index contributed by atoms with van der Waals surface area (Å²) in [5.74, 6) is 2.85. The highest BCUT2D eigenvalue weighted by Crippen LogP contribution is 2.40. The molecule has 0 bridgehead atoms. The smallest absolute Gasteiger partial charge is 0.231 e. The molecule has 1 fully saturated rings. The summed E-state index contributed by atoms with van der Waals surface area (Å²) in [6, 6.07) is 3.46. The first-order valence-corrected chi connectivity index (χ1v) is 10.5. The lowest BCUT2D eigenvalue weighted by atomic mass is 9.96. The minimum Gasteiger partial charge on any atom is -0.493 e. The van der Waals surface area contributed by atoms with Gasteiger partial charge in [0.25, 0.3) is 0 Å². The number of piperidine rings is 1. The number of hydrogen-bond acceptors (Lipinski definition) is 8. The predicted molar refractivity (Wildman–Crippen MR) is 121 cm³/mol. The zero-order valence-corrected chi connectivity index (χ0v) is 19.0. The number of furan rings is 1. The van der Waals surface area contributed by atoms with Crippen molar-refractivity contribution in [3.8, 4) is 17.2 Å². The Morgan fingerprint density at radius 3 is 2.50 bits per heavy atom. The van der Waals surface area contributed by atoms with Gasteiger partial charge in [0.2, 0.25) is 17.4 Å². The molecule has 0 aliphatic carbocycles. The summed E-state index contributed by atoms with van der Waals surface area (Å²) in [7, 11) is 4.64. The molecule has 1 saturated heterocycles. The summed E-state index contributed by atoms with van der Waals surface area (Å²) >= 11 is 0. The number of carbonyl (C=O) groups excluding carboxylic acids is 1. The first-order valence-electron chi connectivity index (χ1n) is 10.5. The lowest BCUT2D eigenvalue weighted by Gasteiger charge is -2.33. The normalized spacial score (nSPS) is 16.2. The number of fused-ring (bicyclic) bond motifs is 1. The molecular weight excluding hydrogens is 412 g/mol. The number of aryl methyl sites for hydroxylation is 2. The molecule has 0 saturated carbocycles. The molecule has 1 N–H and O–H groups in total. The number of nitrogens with zero attached hydrogens (tertiary/aromatic N) is 3. The third kappa shape index (κ3) is 3.90. The standard InChI is InChI=1S/C23H28N4O5/c1-13-14(2)32-23-19(13)21(24-12-25-23)27-8-6-7-15(11-27)22(28)26-16-9-17(29-3)20(31-5)18(10-16)30-4/h9-10,12,15H,6-8,11H2,1-5H3,(H,26,28). The Morgan fingerprint density at radius 2 is 1.84 bits per heavy atom. The van der Waals surface area contributed by atoms with Crippen molar-refractivity contribution in [2.24, 2.45) is 5.92 Å². The fraction of sp³-hybridized carbons (Fsp3) is 0.435. The van der Waals surface area contributed by atoms with E-state index in [1.165, 1.54) is 6.33 Å². The van der Waals surface area contributed by atoms with Gasteiger partial charge in [-0.15, -0.1) is 0 Å². The van der Waals surface area contributed by atoms with Gasteiger partial charge in [0.15, 0.2) is 11.5 Å². The van der Waals surface area contributed by atoms with E-state index in [1.54, 1.807) is 33.5 Å². The third-order valence-corrected chi connectivity index (χ3v) is 5.97. The summed E-state index contributed by atoms with van der Waals surface area (Å²) in [4.78, 5) is 24.1. The number of anilines is 2. The van der Waals surface area contributed by atoms with Crippen molar-refractivity contribution in [2.75, 3.05) is 44.6 Å². The Morgan fingerprint density at radius 1 is 1.12 bits per heavy atom. The zero-order chi connectivity index (χ0) is 22.8. The van der Waals surface area contributed by atoms with Gasteiger partial charge < -0.3 is 28.8 Å². The first kappa shape index (κ1) is 21.7. The van der Waals surface area contributed by atoms with E-state index in [4.69, 9.17) is 18.6 Å². The molecule has 1 amide bonds. The molecule has 3 aromatic rings. The van der Waals surface area contributed by atoms with E-state index >= 15 is 0 Å². The van der Waals surface area contributed by atoms with Crippen LogP contribution < -0.4 is 24.4 Å². The fourth-order valence-electron chi connectivity index (χ4n) is 4.18. The third-order valence-electron chi connectivity index (χ3n) is 5.97. The number of nitrogens with one attached hydrogen (secondary N) is 1. The van der Waals surface area contributed by atoms with E-state index in [1.807, 2.05) is 13.8 Å². The molecule has 1 atom stereocenters. The van der Waals surface area contributed by atoms with Gasteiger partial charge in [-0.05, 0) is 26.7 Å². The van der Waals surface area contributed by atoms with E-state index in [2.05, 4.69) is 20.2 Å². The van der Waals surface area contributed by atoms with Crippen LogP contribution >= 0.6 is 0 Å². The van der Waals surface area contributed by atoms with Crippen molar-refractivity contribution >= 4 is 28.5 Å². The van der Waals surface area contributed by atoms with Crippen molar-refractivity contribution in [3.05, 3.63) is 29.8 Å². The number of carbonyl (C=O) groups is 1. The van der Waals surface area contributed by atoms with Crippen LogP contribution in [0.25, 0.3) is 11.1 Å². The molecule has 4 rings (SSSR count). The van der Waals surface area contributed by atoms with Crippen molar-refractivity contribution in [3.63, 3.8) is 0 Å². The lowest BCUT2D eigenvalue weighted by Crippen LogP contribution is -2.41. The number of amides is 1. The second-order valence-corrected chi connectivity index (χ2v) is 7.85. The molecule has 1 unspecified atom stereocenters.